The zero-order chi connectivity index (χ0) is 28.5. The van der Waals surface area contributed by atoms with E-state index < -0.39 is 0 Å². The van der Waals surface area contributed by atoms with Gasteiger partial charge in [0.2, 0.25) is 0 Å². The Labute approximate surface area is 250 Å². The lowest BCUT2D eigenvalue weighted by atomic mass is 9.83. The van der Waals surface area contributed by atoms with Crippen LogP contribution < -0.4 is 0 Å². The van der Waals surface area contributed by atoms with E-state index in [0.29, 0.717) is 0 Å². The third-order valence-corrected chi connectivity index (χ3v) is 11.8. The Morgan fingerprint density at radius 1 is 0.500 bits per heavy atom. The molecule has 0 unspecified atom stereocenters. The van der Waals surface area contributed by atoms with E-state index >= 15 is 0 Å². The second-order valence-corrected chi connectivity index (χ2v) is 15.8. The number of hydrogen-bond acceptors (Lipinski definition) is 4. The Bertz CT molecular complexity index is 660. The highest BCUT2D eigenvalue weighted by Gasteiger charge is 2.31. The average molecular weight is 560 g/mol. The molecule has 6 aliphatic rings. The van der Waals surface area contributed by atoms with Gasteiger partial charge in [-0.25, -0.2) is 0 Å². The van der Waals surface area contributed by atoms with Crippen LogP contribution in [0.5, 0.6) is 0 Å². The smallest absolute Gasteiger partial charge is 0.0645 e. The summed E-state index contributed by atoms with van der Waals surface area (Å²) in [7, 11) is 0. The summed E-state index contributed by atoms with van der Waals surface area (Å²) in [5.74, 6) is 7.81. The van der Waals surface area contributed by atoms with Crippen molar-refractivity contribution in [2.75, 3.05) is 65.6 Å². The van der Waals surface area contributed by atoms with E-state index in [1.807, 2.05) is 0 Å². The van der Waals surface area contributed by atoms with E-state index in [1.54, 1.807) is 0 Å². The maximum Gasteiger partial charge on any atom is 0.0645 e. The van der Waals surface area contributed by atoms with Crippen LogP contribution in [0.25, 0.3) is 0 Å². The minimum Gasteiger partial charge on any atom is -0.378 e. The number of nitrogens with zero attached hydrogens (tertiary/aromatic N) is 3. The lowest BCUT2D eigenvalue weighted by molar-refractivity contribution is -0.0753. The largest absolute Gasteiger partial charge is 0.378 e. The van der Waals surface area contributed by atoms with E-state index in [-0.39, 0.29) is 0 Å². The Morgan fingerprint density at radius 3 is 1.15 bits per heavy atom. The molecule has 0 aromatic heterocycles. The Balaban J connectivity index is 0.000000139. The van der Waals surface area contributed by atoms with Gasteiger partial charge in [-0.05, 0) is 151 Å². The molecule has 40 heavy (non-hydrogen) atoms. The molecule has 0 amide bonds. The van der Waals surface area contributed by atoms with Crippen LogP contribution in [0.1, 0.15) is 112 Å². The van der Waals surface area contributed by atoms with Gasteiger partial charge in [-0.1, -0.05) is 48.0 Å². The van der Waals surface area contributed by atoms with Gasteiger partial charge in [0, 0.05) is 13.1 Å². The summed E-state index contributed by atoms with van der Waals surface area (Å²) in [6, 6.07) is 0.758. The summed E-state index contributed by atoms with van der Waals surface area (Å²) in [6.45, 7) is 27.1. The molecule has 4 heteroatoms. The van der Waals surface area contributed by atoms with Gasteiger partial charge in [0.15, 0.2) is 0 Å². The highest BCUT2D eigenvalue weighted by Crippen LogP contribution is 2.33. The predicted octanol–water partition coefficient (Wildman–Crippen LogP) is 7.67. The molecule has 4 aliphatic heterocycles. The summed E-state index contributed by atoms with van der Waals surface area (Å²) in [5.41, 5.74) is 0. The maximum absolute atomic E-state index is 5.22. The van der Waals surface area contributed by atoms with Crippen LogP contribution >= 0.6 is 0 Å². The van der Waals surface area contributed by atoms with Gasteiger partial charge < -0.3 is 14.5 Å². The summed E-state index contributed by atoms with van der Waals surface area (Å²) in [6.07, 6.45) is 16.1. The summed E-state index contributed by atoms with van der Waals surface area (Å²) < 4.78 is 5.22. The lowest BCUT2D eigenvalue weighted by Crippen LogP contribution is -2.52. The van der Waals surface area contributed by atoms with Gasteiger partial charge in [-0.3, -0.25) is 4.90 Å². The summed E-state index contributed by atoms with van der Waals surface area (Å²) in [4.78, 5) is 8.02. The molecule has 6 fully saturated rings. The van der Waals surface area contributed by atoms with E-state index in [2.05, 4.69) is 56.2 Å². The average Bonchev–Trinajstić information content (AvgIpc) is 3.71. The van der Waals surface area contributed by atoms with Gasteiger partial charge in [0.25, 0.3) is 0 Å². The third kappa shape index (κ3) is 10.8. The van der Waals surface area contributed by atoms with Crippen LogP contribution in [0.15, 0.2) is 0 Å². The standard InChI is InChI=1S/C13H25N.C12H23N.C11H21NO/c1-11(2)13-6-8-14(9-7-13)10-12-4-3-5-12;1-10(2)12-5-7-13(8-6-12)9-11-3-4-11;1-9(2)10-3-5-12(6-4-10)11-7-13-8-11/h11-13H,3-10H2,1-2H3;10-12H,3-9H2,1-2H3;9-11H,3-8H2,1-2H3. The maximum atomic E-state index is 5.22. The Hall–Kier alpha value is -0.160. The molecule has 2 saturated carbocycles. The SMILES string of the molecule is CC(C)C1CCN(C2COC2)CC1.CC(C)C1CCN(CC2CC2)CC1.CC(C)C1CCN(CC2CCC2)CC1. The fourth-order valence-corrected chi connectivity index (χ4v) is 7.70. The van der Waals surface area contributed by atoms with Crippen molar-refractivity contribution in [1.82, 2.24) is 14.7 Å². The van der Waals surface area contributed by atoms with Crippen molar-refractivity contribution in [3.63, 3.8) is 0 Å². The zero-order valence-corrected chi connectivity index (χ0v) is 27.8. The quantitative estimate of drug-likeness (QED) is 0.304. The first kappa shape index (κ1) is 32.7. The number of piperidine rings is 3. The molecule has 0 bridgehead atoms. The first-order valence-corrected chi connectivity index (χ1v) is 18.0. The molecule has 0 spiro atoms. The topological polar surface area (TPSA) is 19.0 Å². The molecule has 0 radical (unpaired) electrons. The molecule has 234 valence electrons. The predicted molar refractivity (Wildman–Crippen MR) is 172 cm³/mol. The molecule has 0 N–H and O–H groups in total. The number of hydrogen-bond donors (Lipinski definition) is 0. The lowest BCUT2D eigenvalue weighted by Gasteiger charge is -2.42. The fourth-order valence-electron chi connectivity index (χ4n) is 7.70. The Kier molecular flexibility index (Phi) is 13.6. The van der Waals surface area contributed by atoms with Crippen LogP contribution in [0.4, 0.5) is 0 Å². The minimum absolute atomic E-state index is 0.758. The summed E-state index contributed by atoms with van der Waals surface area (Å²) >= 11 is 0. The van der Waals surface area contributed by atoms with Crippen molar-refractivity contribution in [3.8, 4) is 0 Å². The van der Waals surface area contributed by atoms with E-state index in [4.69, 9.17) is 4.74 Å². The molecule has 4 heterocycles. The second-order valence-electron chi connectivity index (χ2n) is 15.8. The van der Waals surface area contributed by atoms with Crippen LogP contribution in [0.3, 0.4) is 0 Å². The molecular weight excluding hydrogens is 490 g/mol. The fraction of sp³-hybridized carbons (Fsp3) is 1.00. The highest BCUT2D eigenvalue weighted by atomic mass is 16.5. The third-order valence-electron chi connectivity index (χ3n) is 11.8. The molecule has 0 aromatic carbocycles. The van der Waals surface area contributed by atoms with Gasteiger partial charge in [-0.2, -0.15) is 0 Å². The van der Waals surface area contributed by atoms with Crippen molar-refractivity contribution in [1.29, 1.82) is 0 Å². The molecule has 4 saturated heterocycles. The first-order valence-electron chi connectivity index (χ1n) is 18.0. The van der Waals surface area contributed by atoms with Gasteiger partial charge in [0.05, 0.1) is 19.3 Å². The number of likely N-dealkylation sites (tertiary alicyclic amines) is 3. The van der Waals surface area contributed by atoms with Crippen molar-refractivity contribution in [3.05, 3.63) is 0 Å². The van der Waals surface area contributed by atoms with E-state index in [9.17, 15) is 0 Å². The monoisotopic (exact) mass is 560 g/mol. The van der Waals surface area contributed by atoms with Gasteiger partial charge in [0.1, 0.15) is 0 Å². The van der Waals surface area contributed by atoms with Crippen molar-refractivity contribution in [2.24, 2.45) is 47.3 Å². The Morgan fingerprint density at radius 2 is 0.875 bits per heavy atom. The van der Waals surface area contributed by atoms with Crippen LogP contribution in [0, 0.1) is 47.3 Å². The van der Waals surface area contributed by atoms with Crippen LogP contribution in [-0.2, 0) is 4.74 Å². The highest BCUT2D eigenvalue weighted by molar-refractivity contribution is 4.83. The van der Waals surface area contributed by atoms with Crippen LogP contribution in [0.2, 0.25) is 0 Å². The molecule has 0 aromatic rings. The first-order chi connectivity index (χ1) is 19.3. The van der Waals surface area contributed by atoms with Crippen molar-refractivity contribution >= 4 is 0 Å². The normalized spacial score (nSPS) is 27.2. The molecule has 6 rings (SSSR count). The molecule has 4 nitrogen and oxygen atoms in total. The van der Waals surface area contributed by atoms with E-state index in [0.717, 1.165) is 66.6 Å². The van der Waals surface area contributed by atoms with Gasteiger partial charge in [-0.15, -0.1) is 0 Å². The molecule has 0 atom stereocenters. The number of rotatable bonds is 8. The van der Waals surface area contributed by atoms with Gasteiger partial charge >= 0.3 is 0 Å². The molecular formula is C36H69N3O. The number of ether oxygens (including phenoxy) is 1. The minimum atomic E-state index is 0.758. The summed E-state index contributed by atoms with van der Waals surface area (Å²) in [5, 5.41) is 0. The van der Waals surface area contributed by atoms with Crippen molar-refractivity contribution < 1.29 is 4.74 Å². The van der Waals surface area contributed by atoms with Crippen molar-refractivity contribution in [2.45, 2.75) is 118 Å². The second kappa shape index (κ2) is 16.6. The molecule has 2 aliphatic carbocycles. The zero-order valence-electron chi connectivity index (χ0n) is 27.8. The van der Waals surface area contributed by atoms with E-state index in [1.165, 1.54) is 123 Å². The van der Waals surface area contributed by atoms with Crippen LogP contribution in [-0.4, -0.2) is 86.3 Å².